The van der Waals surface area contributed by atoms with Crippen LogP contribution in [0.25, 0.3) is 10.8 Å². The molecule has 0 unspecified atom stereocenters. The van der Waals surface area contributed by atoms with Gasteiger partial charge in [0.25, 0.3) is 0 Å². The lowest BCUT2D eigenvalue weighted by atomic mass is 10.1. The van der Waals surface area contributed by atoms with Gasteiger partial charge in [0.1, 0.15) is 0 Å². The first-order valence-electron chi connectivity index (χ1n) is 4.17. The number of methoxy groups -OCH3 is 1. The maximum Gasteiger partial charge on any atom is 0.161 e. The van der Waals surface area contributed by atoms with Crippen LogP contribution in [0.3, 0.4) is 0 Å². The SMILES string of the molecule is COc1cc2c(Cl)cccc2cc1O. The lowest BCUT2D eigenvalue weighted by molar-refractivity contribution is 0.374. The molecule has 0 spiro atoms. The Kier molecular flexibility index (Phi) is 2.22. The van der Waals surface area contributed by atoms with Gasteiger partial charge in [-0.05, 0) is 23.6 Å². The summed E-state index contributed by atoms with van der Waals surface area (Å²) in [5.41, 5.74) is 0. The summed E-state index contributed by atoms with van der Waals surface area (Å²) in [6.45, 7) is 0. The number of rotatable bonds is 1. The highest BCUT2D eigenvalue weighted by molar-refractivity contribution is 6.35. The van der Waals surface area contributed by atoms with E-state index in [1.165, 1.54) is 7.11 Å². The van der Waals surface area contributed by atoms with Gasteiger partial charge in [0.15, 0.2) is 11.5 Å². The van der Waals surface area contributed by atoms with E-state index in [1.54, 1.807) is 18.2 Å². The van der Waals surface area contributed by atoms with E-state index in [2.05, 4.69) is 0 Å². The van der Waals surface area contributed by atoms with Crippen LogP contribution < -0.4 is 4.74 Å². The Hall–Kier alpha value is -1.41. The quantitative estimate of drug-likeness (QED) is 0.780. The largest absolute Gasteiger partial charge is 0.504 e. The molecule has 14 heavy (non-hydrogen) atoms. The van der Waals surface area contributed by atoms with Crippen LogP contribution in [0.2, 0.25) is 5.02 Å². The molecule has 0 radical (unpaired) electrons. The number of benzene rings is 2. The molecule has 2 aromatic rings. The van der Waals surface area contributed by atoms with Gasteiger partial charge in [-0.15, -0.1) is 0 Å². The van der Waals surface area contributed by atoms with Crippen LogP contribution in [0.4, 0.5) is 0 Å². The second kappa shape index (κ2) is 3.39. The van der Waals surface area contributed by atoms with Crippen LogP contribution in [-0.2, 0) is 0 Å². The average Bonchev–Trinajstić information content (AvgIpc) is 2.17. The zero-order chi connectivity index (χ0) is 10.1. The molecule has 0 saturated heterocycles. The van der Waals surface area contributed by atoms with Crippen LogP contribution in [0.15, 0.2) is 30.3 Å². The summed E-state index contributed by atoms with van der Waals surface area (Å²) in [4.78, 5) is 0. The second-order valence-electron chi connectivity index (χ2n) is 2.99. The first kappa shape index (κ1) is 9.16. The third-order valence-electron chi connectivity index (χ3n) is 2.13. The number of phenols is 1. The Morgan fingerprint density at radius 1 is 1.29 bits per heavy atom. The van der Waals surface area contributed by atoms with Crippen LogP contribution >= 0.6 is 11.6 Å². The molecule has 0 fully saturated rings. The lowest BCUT2D eigenvalue weighted by Crippen LogP contribution is -1.84. The summed E-state index contributed by atoms with van der Waals surface area (Å²) in [6, 6.07) is 8.91. The average molecular weight is 209 g/mol. The Balaban J connectivity index is 2.80. The molecule has 2 nitrogen and oxygen atoms in total. The Morgan fingerprint density at radius 3 is 2.79 bits per heavy atom. The van der Waals surface area contributed by atoms with Gasteiger partial charge in [0.2, 0.25) is 0 Å². The van der Waals surface area contributed by atoms with Crippen molar-refractivity contribution in [1.29, 1.82) is 0 Å². The van der Waals surface area contributed by atoms with Crippen molar-refractivity contribution in [2.24, 2.45) is 0 Å². The smallest absolute Gasteiger partial charge is 0.161 e. The van der Waals surface area contributed by atoms with Crippen molar-refractivity contribution >= 4 is 22.4 Å². The number of fused-ring (bicyclic) bond motifs is 1. The normalized spacial score (nSPS) is 10.4. The van der Waals surface area contributed by atoms with E-state index in [1.807, 2.05) is 12.1 Å². The summed E-state index contributed by atoms with van der Waals surface area (Å²) in [5, 5.41) is 12.0. The fraction of sp³-hybridized carbons (Fsp3) is 0.0909. The van der Waals surface area contributed by atoms with Crippen molar-refractivity contribution in [3.8, 4) is 11.5 Å². The second-order valence-corrected chi connectivity index (χ2v) is 3.39. The highest BCUT2D eigenvalue weighted by Gasteiger charge is 2.05. The van der Waals surface area contributed by atoms with Crippen LogP contribution in [0.5, 0.6) is 11.5 Å². The predicted molar refractivity (Wildman–Crippen MR) is 57.2 cm³/mol. The molecular weight excluding hydrogens is 200 g/mol. The number of hydrogen-bond donors (Lipinski definition) is 1. The van der Waals surface area contributed by atoms with Crippen molar-refractivity contribution in [1.82, 2.24) is 0 Å². The maximum absolute atomic E-state index is 9.53. The van der Waals surface area contributed by atoms with Gasteiger partial charge in [-0.1, -0.05) is 23.7 Å². The fourth-order valence-corrected chi connectivity index (χ4v) is 1.66. The summed E-state index contributed by atoms with van der Waals surface area (Å²) in [6.07, 6.45) is 0. The molecular formula is C11H9ClO2. The first-order valence-corrected chi connectivity index (χ1v) is 4.55. The van der Waals surface area contributed by atoms with Crippen LogP contribution in [0.1, 0.15) is 0 Å². The number of halogens is 1. The Bertz CT molecular complexity index is 480. The molecule has 2 aromatic carbocycles. The molecule has 0 aliphatic heterocycles. The molecule has 0 aliphatic carbocycles. The summed E-state index contributed by atoms with van der Waals surface area (Å²) in [5.74, 6) is 0.563. The molecule has 0 heterocycles. The third-order valence-corrected chi connectivity index (χ3v) is 2.46. The van der Waals surface area contributed by atoms with E-state index in [9.17, 15) is 5.11 Å². The van der Waals surface area contributed by atoms with E-state index in [4.69, 9.17) is 16.3 Å². The number of phenolic OH excluding ortho intramolecular Hbond substituents is 1. The van der Waals surface area contributed by atoms with E-state index >= 15 is 0 Å². The summed E-state index contributed by atoms with van der Waals surface area (Å²) < 4.78 is 5.00. The van der Waals surface area contributed by atoms with Crippen molar-refractivity contribution in [3.05, 3.63) is 35.4 Å². The molecule has 1 N–H and O–H groups in total. The molecule has 0 aliphatic rings. The molecule has 2 rings (SSSR count). The molecule has 0 saturated carbocycles. The zero-order valence-corrected chi connectivity index (χ0v) is 8.38. The van der Waals surface area contributed by atoms with Gasteiger partial charge in [-0.25, -0.2) is 0 Å². The van der Waals surface area contributed by atoms with Gasteiger partial charge in [-0.3, -0.25) is 0 Å². The van der Waals surface area contributed by atoms with Crippen molar-refractivity contribution in [3.63, 3.8) is 0 Å². The van der Waals surface area contributed by atoms with Gasteiger partial charge in [0.05, 0.1) is 7.11 Å². The van der Waals surface area contributed by atoms with Crippen molar-refractivity contribution < 1.29 is 9.84 Å². The standard InChI is InChI=1S/C11H9ClO2/c1-14-11-6-8-7(5-10(11)13)3-2-4-9(8)12/h2-6,13H,1H3. The molecule has 0 bridgehead atoms. The molecule has 3 heteroatoms. The van der Waals surface area contributed by atoms with Gasteiger partial charge in [0, 0.05) is 10.4 Å². The summed E-state index contributed by atoms with van der Waals surface area (Å²) >= 11 is 6.00. The van der Waals surface area contributed by atoms with E-state index < -0.39 is 0 Å². The van der Waals surface area contributed by atoms with Crippen LogP contribution in [0, 0.1) is 0 Å². The van der Waals surface area contributed by atoms with E-state index in [0.717, 1.165) is 10.8 Å². The third kappa shape index (κ3) is 1.38. The highest BCUT2D eigenvalue weighted by Crippen LogP contribution is 2.34. The van der Waals surface area contributed by atoms with Crippen LogP contribution in [-0.4, -0.2) is 12.2 Å². The molecule has 0 aromatic heterocycles. The molecule has 0 amide bonds. The van der Waals surface area contributed by atoms with Gasteiger partial charge in [-0.2, -0.15) is 0 Å². The monoisotopic (exact) mass is 208 g/mol. The Morgan fingerprint density at radius 2 is 2.07 bits per heavy atom. The van der Waals surface area contributed by atoms with Crippen molar-refractivity contribution in [2.75, 3.05) is 7.11 Å². The number of hydrogen-bond acceptors (Lipinski definition) is 2. The lowest BCUT2D eigenvalue weighted by Gasteiger charge is -2.06. The number of aromatic hydroxyl groups is 1. The fourth-order valence-electron chi connectivity index (χ4n) is 1.42. The van der Waals surface area contributed by atoms with E-state index in [-0.39, 0.29) is 5.75 Å². The first-order chi connectivity index (χ1) is 6.72. The predicted octanol–water partition coefficient (Wildman–Crippen LogP) is 3.21. The zero-order valence-electron chi connectivity index (χ0n) is 7.62. The minimum absolute atomic E-state index is 0.127. The molecule has 72 valence electrons. The van der Waals surface area contributed by atoms with Crippen molar-refractivity contribution in [2.45, 2.75) is 0 Å². The highest BCUT2D eigenvalue weighted by atomic mass is 35.5. The van der Waals surface area contributed by atoms with Gasteiger partial charge < -0.3 is 9.84 Å². The van der Waals surface area contributed by atoms with E-state index in [0.29, 0.717) is 10.8 Å². The van der Waals surface area contributed by atoms with Gasteiger partial charge >= 0.3 is 0 Å². The topological polar surface area (TPSA) is 29.5 Å². The summed E-state index contributed by atoms with van der Waals surface area (Å²) in [7, 11) is 1.51. The molecule has 0 atom stereocenters. The minimum Gasteiger partial charge on any atom is -0.504 e. The number of ether oxygens (including phenoxy) is 1. The minimum atomic E-state index is 0.127. The Labute approximate surface area is 86.7 Å². The maximum atomic E-state index is 9.53.